The van der Waals surface area contributed by atoms with E-state index < -0.39 is 0 Å². The summed E-state index contributed by atoms with van der Waals surface area (Å²) in [6.45, 7) is 3.42. The van der Waals surface area contributed by atoms with E-state index in [9.17, 15) is 4.39 Å². The van der Waals surface area contributed by atoms with Crippen molar-refractivity contribution in [1.29, 1.82) is 0 Å². The molecule has 3 aromatic heterocycles. The molecule has 1 saturated heterocycles. The Balaban J connectivity index is 1.63. The van der Waals surface area contributed by atoms with Gasteiger partial charge in [-0.3, -0.25) is 4.98 Å². The van der Waals surface area contributed by atoms with Gasteiger partial charge in [-0.25, -0.2) is 9.37 Å². The van der Waals surface area contributed by atoms with Crippen LogP contribution in [0.5, 0.6) is 0 Å². The van der Waals surface area contributed by atoms with E-state index >= 15 is 0 Å². The number of halogens is 2. The zero-order valence-corrected chi connectivity index (χ0v) is 17.1. The summed E-state index contributed by atoms with van der Waals surface area (Å²) in [6, 6.07) is 6.69. The van der Waals surface area contributed by atoms with Crippen LogP contribution in [0.2, 0.25) is 0 Å². The number of ether oxygens (including phenoxy) is 1. The van der Waals surface area contributed by atoms with E-state index in [1.54, 1.807) is 23.0 Å². The summed E-state index contributed by atoms with van der Waals surface area (Å²) in [5.74, 6) is 0.166. The van der Waals surface area contributed by atoms with Crippen molar-refractivity contribution < 1.29 is 9.13 Å². The maximum atomic E-state index is 13.6. The monoisotopic (exact) mass is 456 g/mol. The minimum absolute atomic E-state index is 0.0304. The van der Waals surface area contributed by atoms with Crippen LogP contribution in [0.1, 0.15) is 18.7 Å². The number of aromatic nitrogens is 4. The number of hydrogen-bond acceptors (Lipinski definition) is 6. The number of benzene rings is 1. The van der Waals surface area contributed by atoms with Crippen LogP contribution in [0.25, 0.3) is 27.7 Å². The topological polar surface area (TPSA) is 90.4 Å². The van der Waals surface area contributed by atoms with E-state index in [0.29, 0.717) is 40.6 Å². The predicted octanol–water partition coefficient (Wildman–Crippen LogP) is 3.48. The van der Waals surface area contributed by atoms with Crippen molar-refractivity contribution in [3.63, 3.8) is 0 Å². The molecule has 29 heavy (non-hydrogen) atoms. The molecule has 1 fully saturated rings. The molecule has 1 atom stereocenters. The Morgan fingerprint density at radius 3 is 2.90 bits per heavy atom. The highest BCUT2D eigenvalue weighted by molar-refractivity contribution is 9.10. The normalized spacial score (nSPS) is 15.7. The maximum absolute atomic E-state index is 13.6. The van der Waals surface area contributed by atoms with Gasteiger partial charge in [0, 0.05) is 28.8 Å². The number of nitrogens with two attached hydrogens (primary N) is 1. The molecule has 4 heterocycles. The van der Waals surface area contributed by atoms with Gasteiger partial charge in [0.2, 0.25) is 0 Å². The van der Waals surface area contributed by atoms with Gasteiger partial charge in [0.25, 0.3) is 0 Å². The minimum atomic E-state index is -0.301. The number of pyridine rings is 1. The molecule has 7 nitrogen and oxygen atoms in total. The second-order valence-electron chi connectivity index (χ2n) is 7.17. The molecule has 1 unspecified atom stereocenters. The number of rotatable bonds is 4. The first-order valence-electron chi connectivity index (χ1n) is 9.23. The Bertz CT molecular complexity index is 1240. The number of fused-ring (bicyclic) bond motifs is 2. The summed E-state index contributed by atoms with van der Waals surface area (Å²) in [7, 11) is 0. The fraction of sp³-hybridized carbons (Fsp3) is 0.250. The van der Waals surface area contributed by atoms with Crippen molar-refractivity contribution in [1.82, 2.24) is 24.9 Å². The third kappa shape index (κ3) is 3.15. The quantitative estimate of drug-likeness (QED) is 0.488. The largest absolute Gasteiger partial charge is 0.383 e. The molecule has 4 aromatic rings. The van der Waals surface area contributed by atoms with Crippen LogP contribution >= 0.6 is 15.9 Å². The van der Waals surface area contributed by atoms with Gasteiger partial charge in [0.05, 0.1) is 41.1 Å². The van der Waals surface area contributed by atoms with Gasteiger partial charge in [-0.15, -0.1) is 0 Å². The SMILES string of the molecule is CC(NC1COC1)c1nc2c(-c3cnc4ccc(F)cc4c3)cnn2c(N)c1Br. The molecule has 3 N–H and O–H groups in total. The van der Waals surface area contributed by atoms with E-state index in [1.165, 1.54) is 12.1 Å². The molecule has 1 aliphatic rings. The summed E-state index contributed by atoms with van der Waals surface area (Å²) in [4.78, 5) is 9.29. The van der Waals surface area contributed by atoms with Crippen LogP contribution in [0.15, 0.2) is 41.1 Å². The van der Waals surface area contributed by atoms with Crippen molar-refractivity contribution in [2.45, 2.75) is 19.0 Å². The van der Waals surface area contributed by atoms with E-state index in [1.807, 2.05) is 13.0 Å². The van der Waals surface area contributed by atoms with Crippen LogP contribution in [0.4, 0.5) is 10.2 Å². The fourth-order valence-electron chi connectivity index (χ4n) is 3.52. The van der Waals surface area contributed by atoms with E-state index in [-0.39, 0.29) is 11.9 Å². The average molecular weight is 457 g/mol. The lowest BCUT2D eigenvalue weighted by Crippen LogP contribution is -2.47. The summed E-state index contributed by atoms with van der Waals surface area (Å²) >= 11 is 3.56. The average Bonchev–Trinajstić information content (AvgIpc) is 3.10. The molecule has 0 bridgehead atoms. The lowest BCUT2D eigenvalue weighted by atomic mass is 10.1. The molecular formula is C20H18BrFN6O. The fourth-order valence-corrected chi connectivity index (χ4v) is 4.12. The van der Waals surface area contributed by atoms with Crippen LogP contribution in [-0.4, -0.2) is 38.8 Å². The molecule has 0 aliphatic carbocycles. The van der Waals surface area contributed by atoms with Gasteiger partial charge >= 0.3 is 0 Å². The summed E-state index contributed by atoms with van der Waals surface area (Å²) < 4.78 is 21.2. The first kappa shape index (κ1) is 18.4. The second kappa shape index (κ2) is 7.01. The Kier molecular flexibility index (Phi) is 4.45. The first-order chi connectivity index (χ1) is 14.0. The van der Waals surface area contributed by atoms with Crippen molar-refractivity contribution >= 4 is 38.3 Å². The predicted molar refractivity (Wildman–Crippen MR) is 112 cm³/mol. The van der Waals surface area contributed by atoms with Crippen molar-refractivity contribution in [2.75, 3.05) is 18.9 Å². The van der Waals surface area contributed by atoms with Crippen LogP contribution in [-0.2, 0) is 4.74 Å². The van der Waals surface area contributed by atoms with E-state index in [0.717, 1.165) is 22.3 Å². The van der Waals surface area contributed by atoms with E-state index in [4.69, 9.17) is 15.5 Å². The molecule has 0 spiro atoms. The highest BCUT2D eigenvalue weighted by atomic mass is 79.9. The van der Waals surface area contributed by atoms with E-state index in [2.05, 4.69) is 31.3 Å². The Morgan fingerprint density at radius 1 is 1.31 bits per heavy atom. The van der Waals surface area contributed by atoms with Crippen molar-refractivity contribution in [3.8, 4) is 11.1 Å². The number of nitrogens with one attached hydrogen (secondary N) is 1. The Labute approximate surface area is 174 Å². The molecule has 0 saturated carbocycles. The molecule has 148 valence electrons. The lowest BCUT2D eigenvalue weighted by Gasteiger charge is -2.30. The minimum Gasteiger partial charge on any atom is -0.383 e. The van der Waals surface area contributed by atoms with Gasteiger partial charge in [-0.1, -0.05) is 0 Å². The lowest BCUT2D eigenvalue weighted by molar-refractivity contribution is -0.00946. The van der Waals surface area contributed by atoms with Gasteiger partial charge in [0.1, 0.15) is 11.6 Å². The summed E-state index contributed by atoms with van der Waals surface area (Å²) in [5.41, 5.74) is 10.1. The summed E-state index contributed by atoms with van der Waals surface area (Å²) in [5, 5.41) is 8.60. The molecular weight excluding hydrogens is 439 g/mol. The zero-order valence-electron chi connectivity index (χ0n) is 15.6. The van der Waals surface area contributed by atoms with Gasteiger partial charge in [0.15, 0.2) is 5.65 Å². The first-order valence-corrected chi connectivity index (χ1v) is 10.0. The number of nitrogens with zero attached hydrogens (tertiary/aromatic N) is 4. The van der Waals surface area contributed by atoms with Crippen LogP contribution in [0, 0.1) is 5.82 Å². The zero-order chi connectivity index (χ0) is 20.1. The van der Waals surface area contributed by atoms with Crippen LogP contribution in [0.3, 0.4) is 0 Å². The molecule has 1 aliphatic heterocycles. The highest BCUT2D eigenvalue weighted by Gasteiger charge is 2.25. The van der Waals surface area contributed by atoms with Crippen molar-refractivity contribution in [3.05, 3.63) is 52.6 Å². The van der Waals surface area contributed by atoms with Gasteiger partial charge < -0.3 is 15.8 Å². The Hall–Kier alpha value is -2.62. The maximum Gasteiger partial charge on any atom is 0.165 e. The second-order valence-corrected chi connectivity index (χ2v) is 7.97. The molecule has 0 radical (unpaired) electrons. The highest BCUT2D eigenvalue weighted by Crippen LogP contribution is 2.33. The smallest absolute Gasteiger partial charge is 0.165 e. The standard InChI is InChI=1S/C20H18BrFN6O/c1-10(26-14-8-29-9-14)18-17(21)19(23)28-20(27-18)15(7-25-28)12-4-11-5-13(22)2-3-16(11)24-6-12/h2-7,10,14,26H,8-9,23H2,1H3. The molecule has 0 amide bonds. The molecule has 1 aromatic carbocycles. The Morgan fingerprint density at radius 2 is 2.14 bits per heavy atom. The van der Waals surface area contributed by atoms with Gasteiger partial charge in [-0.2, -0.15) is 9.61 Å². The number of hydrogen-bond donors (Lipinski definition) is 2. The number of anilines is 1. The summed E-state index contributed by atoms with van der Waals surface area (Å²) in [6.07, 6.45) is 3.44. The van der Waals surface area contributed by atoms with Crippen molar-refractivity contribution in [2.24, 2.45) is 0 Å². The molecule has 9 heteroatoms. The molecule has 5 rings (SSSR count). The third-order valence-electron chi connectivity index (χ3n) is 5.14. The number of nitrogen functional groups attached to an aromatic ring is 1. The van der Waals surface area contributed by atoms with Crippen LogP contribution < -0.4 is 11.1 Å². The van der Waals surface area contributed by atoms with Gasteiger partial charge in [-0.05, 0) is 47.1 Å². The third-order valence-corrected chi connectivity index (χ3v) is 5.95.